The van der Waals surface area contributed by atoms with E-state index in [2.05, 4.69) is 28.2 Å². The molecule has 0 spiro atoms. The highest BCUT2D eigenvalue weighted by atomic mass is 79.9. The van der Waals surface area contributed by atoms with Gasteiger partial charge in [0.2, 0.25) is 0 Å². The van der Waals surface area contributed by atoms with Crippen LogP contribution >= 0.6 is 15.9 Å². The van der Waals surface area contributed by atoms with Gasteiger partial charge in [0.25, 0.3) is 0 Å². The monoisotopic (exact) mass is 349 g/mol. The molecule has 2 rings (SSSR count). The molecule has 0 aliphatic heterocycles. The molecule has 112 valence electrons. The van der Waals surface area contributed by atoms with Crippen molar-refractivity contribution in [3.63, 3.8) is 0 Å². The van der Waals surface area contributed by atoms with Crippen LogP contribution in [0, 0.1) is 11.8 Å². The molecule has 1 aromatic carbocycles. The Labute approximate surface area is 126 Å². The summed E-state index contributed by atoms with van der Waals surface area (Å²) in [6.07, 6.45) is 0.612. The van der Waals surface area contributed by atoms with E-state index in [1.165, 1.54) is 31.7 Å². The average molecular weight is 350 g/mol. The van der Waals surface area contributed by atoms with Crippen molar-refractivity contribution in [3.8, 4) is 0 Å². The van der Waals surface area contributed by atoms with Crippen molar-refractivity contribution in [2.45, 2.75) is 38.8 Å². The minimum absolute atomic E-state index is 0.469. The zero-order valence-electron chi connectivity index (χ0n) is 11.4. The third-order valence-electron chi connectivity index (χ3n) is 4.01. The first kappa shape index (κ1) is 15.7. The highest BCUT2D eigenvalue weighted by Gasteiger charge is 2.30. The van der Waals surface area contributed by atoms with Crippen LogP contribution in [0.15, 0.2) is 22.7 Å². The SMILES string of the molecule is CC1CCC(CNc2ccc(C(F)(F)F)cc2Br)CC1. The van der Waals surface area contributed by atoms with Crippen molar-refractivity contribution in [2.24, 2.45) is 11.8 Å². The van der Waals surface area contributed by atoms with Crippen LogP contribution in [0.5, 0.6) is 0 Å². The van der Waals surface area contributed by atoms with Crippen molar-refractivity contribution < 1.29 is 13.2 Å². The van der Waals surface area contributed by atoms with E-state index < -0.39 is 11.7 Å². The van der Waals surface area contributed by atoms with Crippen molar-refractivity contribution in [1.82, 2.24) is 0 Å². The molecule has 5 heteroatoms. The smallest absolute Gasteiger partial charge is 0.384 e. The molecular weight excluding hydrogens is 331 g/mol. The van der Waals surface area contributed by atoms with Crippen LogP contribution in [-0.4, -0.2) is 6.54 Å². The number of hydrogen-bond donors (Lipinski definition) is 1. The van der Waals surface area contributed by atoms with Crippen LogP contribution in [-0.2, 0) is 6.18 Å². The Morgan fingerprint density at radius 3 is 2.40 bits per heavy atom. The summed E-state index contributed by atoms with van der Waals surface area (Å²) in [5.74, 6) is 1.43. The number of halogens is 4. The maximum Gasteiger partial charge on any atom is 0.416 e. The molecule has 1 saturated carbocycles. The second-order valence-corrected chi connectivity index (χ2v) is 6.55. The summed E-state index contributed by atoms with van der Waals surface area (Å²) in [7, 11) is 0. The maximum absolute atomic E-state index is 12.6. The molecule has 1 nitrogen and oxygen atoms in total. The highest BCUT2D eigenvalue weighted by Crippen LogP contribution is 2.34. The molecule has 1 aromatic rings. The molecule has 0 radical (unpaired) electrons. The molecule has 0 amide bonds. The van der Waals surface area contributed by atoms with E-state index in [9.17, 15) is 13.2 Å². The molecule has 0 saturated heterocycles. The van der Waals surface area contributed by atoms with Crippen LogP contribution in [0.25, 0.3) is 0 Å². The molecular formula is C15H19BrF3N. The van der Waals surface area contributed by atoms with E-state index in [-0.39, 0.29) is 0 Å². The van der Waals surface area contributed by atoms with Crippen LogP contribution in [0.4, 0.5) is 18.9 Å². The molecule has 20 heavy (non-hydrogen) atoms. The van der Waals surface area contributed by atoms with Gasteiger partial charge in [-0.25, -0.2) is 0 Å². The zero-order valence-corrected chi connectivity index (χ0v) is 13.0. The van der Waals surface area contributed by atoms with Gasteiger partial charge in [-0.2, -0.15) is 13.2 Å². The first-order chi connectivity index (χ1) is 9.36. The number of nitrogens with one attached hydrogen (secondary N) is 1. The lowest BCUT2D eigenvalue weighted by atomic mass is 9.83. The molecule has 1 aliphatic carbocycles. The maximum atomic E-state index is 12.6. The van der Waals surface area contributed by atoms with E-state index in [4.69, 9.17) is 0 Å². The van der Waals surface area contributed by atoms with E-state index >= 15 is 0 Å². The van der Waals surface area contributed by atoms with Gasteiger partial charge in [-0.15, -0.1) is 0 Å². The molecule has 1 N–H and O–H groups in total. The number of alkyl halides is 3. The first-order valence-corrected chi connectivity index (χ1v) is 7.76. The number of rotatable bonds is 3. The fourth-order valence-electron chi connectivity index (χ4n) is 2.62. The van der Waals surface area contributed by atoms with Gasteiger partial charge in [0.05, 0.1) is 5.56 Å². The number of anilines is 1. The zero-order chi connectivity index (χ0) is 14.8. The summed E-state index contributed by atoms with van der Waals surface area (Å²) in [6, 6.07) is 3.75. The lowest BCUT2D eigenvalue weighted by Crippen LogP contribution is -2.20. The molecule has 0 unspecified atom stereocenters. The predicted octanol–water partition coefficient (Wildman–Crippen LogP) is 5.71. The Kier molecular flexibility index (Phi) is 4.99. The van der Waals surface area contributed by atoms with E-state index in [0.29, 0.717) is 10.4 Å². The minimum atomic E-state index is -4.29. The largest absolute Gasteiger partial charge is 0.416 e. The lowest BCUT2D eigenvalue weighted by molar-refractivity contribution is -0.137. The van der Waals surface area contributed by atoms with Crippen LogP contribution in [0.1, 0.15) is 38.2 Å². The van der Waals surface area contributed by atoms with E-state index in [1.807, 2.05) is 0 Å². The van der Waals surface area contributed by atoms with Gasteiger partial charge in [-0.05, 0) is 58.8 Å². The third kappa shape index (κ3) is 4.14. The Morgan fingerprint density at radius 1 is 1.20 bits per heavy atom. The first-order valence-electron chi connectivity index (χ1n) is 6.97. The second kappa shape index (κ2) is 6.37. The minimum Gasteiger partial charge on any atom is -0.384 e. The van der Waals surface area contributed by atoms with Gasteiger partial charge < -0.3 is 5.32 Å². The summed E-state index contributed by atoms with van der Waals surface area (Å²) in [6.45, 7) is 3.10. The van der Waals surface area contributed by atoms with Gasteiger partial charge in [-0.3, -0.25) is 0 Å². The Bertz CT molecular complexity index is 451. The molecule has 1 fully saturated rings. The van der Waals surface area contributed by atoms with Gasteiger partial charge in [0.1, 0.15) is 0 Å². The summed E-state index contributed by atoms with van der Waals surface area (Å²) in [4.78, 5) is 0. The Hall–Kier alpha value is -0.710. The predicted molar refractivity (Wildman–Crippen MR) is 78.8 cm³/mol. The van der Waals surface area contributed by atoms with Gasteiger partial charge in [0.15, 0.2) is 0 Å². The summed E-state index contributed by atoms with van der Waals surface area (Å²) >= 11 is 3.21. The van der Waals surface area contributed by atoms with E-state index in [1.54, 1.807) is 0 Å². The van der Waals surface area contributed by atoms with Crippen LogP contribution in [0.2, 0.25) is 0 Å². The summed E-state index contributed by atoms with van der Waals surface area (Å²) in [5.41, 5.74) is 0.109. The fraction of sp³-hybridized carbons (Fsp3) is 0.600. The number of hydrogen-bond acceptors (Lipinski definition) is 1. The lowest BCUT2D eigenvalue weighted by Gasteiger charge is -2.26. The standard InChI is InChI=1S/C15H19BrF3N/c1-10-2-4-11(5-3-10)9-20-14-7-6-12(8-13(14)16)15(17,18)19/h6-8,10-11,20H,2-5,9H2,1H3. The Morgan fingerprint density at radius 2 is 1.85 bits per heavy atom. The van der Waals surface area contributed by atoms with Crippen molar-refractivity contribution >= 4 is 21.6 Å². The topological polar surface area (TPSA) is 12.0 Å². The van der Waals surface area contributed by atoms with Gasteiger partial charge >= 0.3 is 6.18 Å². The highest BCUT2D eigenvalue weighted by molar-refractivity contribution is 9.10. The van der Waals surface area contributed by atoms with Gasteiger partial charge in [0, 0.05) is 16.7 Å². The van der Waals surface area contributed by atoms with Crippen molar-refractivity contribution in [2.75, 3.05) is 11.9 Å². The summed E-state index contributed by atoms with van der Waals surface area (Å²) < 4.78 is 38.2. The molecule has 1 aliphatic rings. The normalized spacial score (nSPS) is 23.6. The third-order valence-corrected chi connectivity index (χ3v) is 4.67. The second-order valence-electron chi connectivity index (χ2n) is 5.70. The van der Waals surface area contributed by atoms with Gasteiger partial charge in [-0.1, -0.05) is 19.8 Å². The number of benzene rings is 1. The molecule has 0 heterocycles. The quantitative estimate of drug-likeness (QED) is 0.737. The van der Waals surface area contributed by atoms with Crippen molar-refractivity contribution in [1.29, 1.82) is 0 Å². The molecule has 0 bridgehead atoms. The average Bonchev–Trinajstić information content (AvgIpc) is 2.38. The van der Waals surface area contributed by atoms with Crippen LogP contribution < -0.4 is 5.32 Å². The molecule has 0 atom stereocenters. The Balaban J connectivity index is 1.93. The van der Waals surface area contributed by atoms with E-state index in [0.717, 1.165) is 30.3 Å². The fourth-order valence-corrected chi connectivity index (χ4v) is 3.14. The van der Waals surface area contributed by atoms with Crippen LogP contribution in [0.3, 0.4) is 0 Å². The summed E-state index contributed by atoms with van der Waals surface area (Å²) in [5, 5.41) is 3.26. The van der Waals surface area contributed by atoms with Crippen molar-refractivity contribution in [3.05, 3.63) is 28.2 Å². The molecule has 0 aromatic heterocycles.